The Bertz CT molecular complexity index is 8910. The largest absolute Gasteiger partial charge is 0.354 e. The van der Waals surface area contributed by atoms with Crippen LogP contribution in [0.5, 0.6) is 0 Å². The van der Waals surface area contributed by atoms with Crippen LogP contribution < -0.4 is 0 Å². The molecule has 25 rings (SSSR count). The zero-order valence-corrected chi connectivity index (χ0v) is 77.5. The van der Waals surface area contributed by atoms with Crippen molar-refractivity contribution in [1.82, 2.24) is 59.8 Å². The third-order valence-corrected chi connectivity index (χ3v) is 26.9. The lowest BCUT2D eigenvalue weighted by molar-refractivity contribution is -0.385. The third-order valence-electron chi connectivity index (χ3n) is 26.9. The smallest absolute Gasteiger partial charge is 0.269 e. The number of H-pyrrole nitrogens is 6. The van der Waals surface area contributed by atoms with E-state index in [2.05, 4.69) is 322 Å². The molecule has 0 atom stereocenters. The second-order valence-electron chi connectivity index (χ2n) is 36.0. The molecule has 6 aliphatic rings. The molecule has 24 bridgehead atoms. The molecule has 0 radical (unpaired) electrons. The molecule has 0 aliphatic carbocycles. The van der Waals surface area contributed by atoms with Gasteiger partial charge in [0.2, 0.25) is 0 Å². The van der Waals surface area contributed by atoms with Gasteiger partial charge in [-0.1, -0.05) is 229 Å². The van der Waals surface area contributed by atoms with E-state index in [-0.39, 0.29) is 21.2 Å². The average Bonchev–Trinajstić information content (AvgIpc) is 1.60. The van der Waals surface area contributed by atoms with Crippen molar-refractivity contribution in [3.8, 4) is 135 Å². The van der Waals surface area contributed by atoms with E-state index in [0.29, 0.717) is 44.9 Å². The fourth-order valence-corrected chi connectivity index (χ4v) is 20.0. The molecule has 6 aliphatic heterocycles. The zero-order valence-electron chi connectivity index (χ0n) is 77.5. The van der Waals surface area contributed by atoms with Crippen LogP contribution in [-0.2, 0) is 0 Å². The SMILES string of the molecule is Cc1ccc(-c2c3nc(c(C#Cc4ccc(-c5c6nc(c(-c7ccccc7)c7ccc([nH]7)c(-c7ccc([N+](=O)[O-])cc7)c7nc(c(-c8ccccc8)c8ccc5[nH]8)C=C7)C=C6)cc4)c4ccc([nH]4)c(C#Cc4ccc(-c5c6nc(c(-c7ccccc7)c7ccc([nH]7)c(-c7ccc([N+](=O)[O-])cc7)c7nc(c(-c8ccccc8)c8ccc5[nH]8)C=C7)C=C6)cc4)c4nc(c(-c5ccc(C)cc5)c5ccc2[nH]5)C=C4)C=C3)cc1. The van der Waals surface area contributed by atoms with Crippen LogP contribution in [0.1, 0.15) is 102 Å². The van der Waals surface area contributed by atoms with Gasteiger partial charge in [0, 0.05) is 146 Å². The first kappa shape index (κ1) is 85.6. The summed E-state index contributed by atoms with van der Waals surface area (Å²) in [7, 11) is 0. The Hall–Kier alpha value is -20.1. The van der Waals surface area contributed by atoms with Gasteiger partial charge >= 0.3 is 0 Å². The molecule has 0 unspecified atom stereocenters. The topological polar surface area (TPSA) is 258 Å². The lowest BCUT2D eigenvalue weighted by Crippen LogP contribution is -1.91. The van der Waals surface area contributed by atoms with Crippen molar-refractivity contribution in [2.45, 2.75) is 13.8 Å². The molecule has 0 spiro atoms. The summed E-state index contributed by atoms with van der Waals surface area (Å²) in [5.41, 5.74) is 41.0. The van der Waals surface area contributed by atoms with Crippen molar-refractivity contribution in [2.24, 2.45) is 0 Å². The Morgan fingerprint density at radius 3 is 0.562 bits per heavy atom. The second-order valence-corrected chi connectivity index (χ2v) is 36.0. The van der Waals surface area contributed by atoms with Crippen LogP contribution in [0.15, 0.2) is 340 Å². The van der Waals surface area contributed by atoms with Crippen LogP contribution in [0.4, 0.5) is 11.4 Å². The van der Waals surface area contributed by atoms with Gasteiger partial charge in [0.1, 0.15) is 0 Å². The Kier molecular flexibility index (Phi) is 21.3. The lowest BCUT2D eigenvalue weighted by Gasteiger charge is -2.07. The van der Waals surface area contributed by atoms with Crippen molar-refractivity contribution in [1.29, 1.82) is 0 Å². The molecule has 9 aromatic heterocycles. The number of nitrogens with zero attached hydrogens (tertiary/aromatic N) is 8. The number of nitro groups is 2. The van der Waals surface area contributed by atoms with E-state index in [4.69, 9.17) is 29.9 Å². The Morgan fingerprint density at radius 2 is 0.354 bits per heavy atom. The molecule has 678 valence electrons. The first-order valence-electron chi connectivity index (χ1n) is 47.4. The van der Waals surface area contributed by atoms with E-state index in [1.165, 1.54) is 24.3 Å². The predicted octanol–water partition coefficient (Wildman–Crippen LogP) is 30.5. The molecule has 0 fully saturated rings. The second kappa shape index (κ2) is 35.8. The highest BCUT2D eigenvalue weighted by Crippen LogP contribution is 2.45. The van der Waals surface area contributed by atoms with Crippen LogP contribution >= 0.6 is 0 Å². The van der Waals surface area contributed by atoms with Gasteiger partial charge in [0.05, 0.1) is 100 Å². The number of hydrogen-bond acceptors (Lipinski definition) is 10. The standard InChI is InChI=1S/C126H80N14O4/c1-75-23-33-83(34-24-75)121-97-55-53-95(128-97)91(49-31-77-27-37-85(38-28-77)123-109-65-57-99(130-109)117(79-15-7-3-8-16-79)103-61-69-113(134-103)125(87-41-45-89(46-42-87)139(141)142)114-70-62-104(135-114)118(80-17-9-4-10-18-80)100-58-66-110(123)131-100)93-51-52-94(127-93)92(96-54-56-98(129-96)122(108-74-73-107(121)138-108)84-35-25-76(2)26-36-84)50-32-78-29-39-86(40-30-78)124-111-67-59-101(132-111)119(81-19-11-5-12-20-81)105-63-71-115(136-105)126(88-43-47-90(48-44-88)140(143)144)116-72-64-106(137-116)120(82-21-13-6-14-22-82)102-60-68-112(124)133-102/h3-30,33-48,51-74,127,130,132,135,137-138H,1-2H3. The van der Waals surface area contributed by atoms with Crippen molar-refractivity contribution >= 4 is 150 Å². The highest BCUT2D eigenvalue weighted by molar-refractivity contribution is 6.05. The van der Waals surface area contributed by atoms with Gasteiger partial charge in [-0.2, -0.15) is 0 Å². The number of aromatic amines is 6. The quantitative estimate of drug-likeness (QED) is 0.0383. The first-order valence-corrected chi connectivity index (χ1v) is 47.4. The van der Waals surface area contributed by atoms with E-state index in [9.17, 15) is 20.2 Å². The maximum atomic E-state index is 12.0. The summed E-state index contributed by atoms with van der Waals surface area (Å²) in [5, 5.41) is 24.1. The highest BCUT2D eigenvalue weighted by Gasteiger charge is 2.26. The van der Waals surface area contributed by atoms with E-state index >= 15 is 0 Å². The molecule has 0 saturated heterocycles. The van der Waals surface area contributed by atoms with Gasteiger partial charge in [0.25, 0.3) is 11.4 Å². The van der Waals surface area contributed by atoms with Gasteiger partial charge in [-0.3, -0.25) is 20.2 Å². The summed E-state index contributed by atoms with van der Waals surface area (Å²) < 4.78 is 0. The highest BCUT2D eigenvalue weighted by atomic mass is 16.6. The number of aryl methyl sites for hydroxylation is 2. The van der Waals surface area contributed by atoms with Crippen LogP contribution in [0.25, 0.3) is 250 Å². The molecule has 19 aromatic rings. The van der Waals surface area contributed by atoms with E-state index in [0.717, 1.165) is 234 Å². The zero-order chi connectivity index (χ0) is 96.6. The number of benzene rings is 10. The third kappa shape index (κ3) is 16.0. The summed E-state index contributed by atoms with van der Waals surface area (Å²) in [5.74, 6) is 14.7. The number of rotatable bonds is 12. The van der Waals surface area contributed by atoms with Crippen molar-refractivity contribution in [2.75, 3.05) is 0 Å². The molecule has 0 saturated carbocycles. The summed E-state index contributed by atoms with van der Waals surface area (Å²) in [4.78, 5) is 79.8. The van der Waals surface area contributed by atoms with Gasteiger partial charge in [-0.05, 0) is 264 Å². The minimum atomic E-state index is -0.383. The molecule has 0 amide bonds. The monoisotopic (exact) mass is 1850 g/mol. The van der Waals surface area contributed by atoms with Crippen LogP contribution in [-0.4, -0.2) is 69.7 Å². The van der Waals surface area contributed by atoms with Gasteiger partial charge in [-0.25, -0.2) is 29.9 Å². The summed E-state index contributed by atoms with van der Waals surface area (Å²) in [6, 6.07) is 113. The average molecular weight is 1850 g/mol. The number of nitro benzene ring substituents is 2. The van der Waals surface area contributed by atoms with E-state index in [1.807, 2.05) is 109 Å². The van der Waals surface area contributed by atoms with E-state index < -0.39 is 0 Å². The molecule has 18 heteroatoms. The number of hydrogen-bond donors (Lipinski definition) is 6. The van der Waals surface area contributed by atoms with Crippen molar-refractivity contribution < 1.29 is 9.85 Å². The normalized spacial score (nSPS) is 12.1. The van der Waals surface area contributed by atoms with Crippen molar-refractivity contribution in [3.63, 3.8) is 0 Å². The molecule has 15 heterocycles. The fraction of sp³-hybridized carbons (Fsp3) is 0.0159. The Morgan fingerprint density at radius 1 is 0.188 bits per heavy atom. The van der Waals surface area contributed by atoms with Crippen LogP contribution in [0.3, 0.4) is 0 Å². The van der Waals surface area contributed by atoms with Crippen molar-refractivity contribution in [3.05, 3.63) is 462 Å². The van der Waals surface area contributed by atoms with E-state index in [1.54, 1.807) is 24.3 Å². The molecule has 6 N–H and O–H groups in total. The predicted molar refractivity (Wildman–Crippen MR) is 586 cm³/mol. The maximum absolute atomic E-state index is 12.0. The summed E-state index contributed by atoms with van der Waals surface area (Å²) in [6.07, 6.45) is 24.7. The summed E-state index contributed by atoms with van der Waals surface area (Å²) >= 11 is 0. The van der Waals surface area contributed by atoms with Crippen LogP contribution in [0.2, 0.25) is 0 Å². The summed E-state index contributed by atoms with van der Waals surface area (Å²) in [6.45, 7) is 4.20. The lowest BCUT2D eigenvalue weighted by atomic mass is 10.0. The number of fused-ring (bicyclic) bond motifs is 24. The fourth-order valence-electron chi connectivity index (χ4n) is 20.0. The Balaban J connectivity index is 0.654. The number of non-ortho nitro benzene ring substituents is 2. The number of aromatic nitrogens is 12. The van der Waals surface area contributed by atoms with Crippen LogP contribution in [0, 0.1) is 57.8 Å². The Labute approximate surface area is 825 Å². The number of nitrogens with one attached hydrogen (secondary N) is 6. The minimum absolute atomic E-state index is 0.00828. The van der Waals surface area contributed by atoms with Gasteiger partial charge < -0.3 is 29.9 Å². The molecular weight excluding hydrogens is 1770 g/mol. The molecule has 10 aromatic carbocycles. The first-order chi connectivity index (χ1) is 70.8. The maximum Gasteiger partial charge on any atom is 0.269 e. The molecule has 18 nitrogen and oxygen atoms in total. The minimum Gasteiger partial charge on any atom is -0.354 e. The molecular formula is C126H80N14O4. The van der Waals surface area contributed by atoms with Gasteiger partial charge in [0.15, 0.2) is 0 Å². The van der Waals surface area contributed by atoms with Gasteiger partial charge in [-0.15, -0.1) is 0 Å². The molecule has 144 heavy (non-hydrogen) atoms.